The SMILES string of the molecule is CC(NC(=O)c1cccnc1Oc1ccccc1)c1cc2ccccc2o1. The van der Waals surface area contributed by atoms with Crippen molar-refractivity contribution in [2.24, 2.45) is 0 Å². The third-order valence-electron chi connectivity index (χ3n) is 4.19. The number of fused-ring (bicyclic) bond motifs is 1. The van der Waals surface area contributed by atoms with Gasteiger partial charge in [-0.25, -0.2) is 4.98 Å². The maximum absolute atomic E-state index is 12.8. The first-order valence-electron chi connectivity index (χ1n) is 8.68. The highest BCUT2D eigenvalue weighted by atomic mass is 16.5. The molecule has 5 heteroatoms. The Bertz CT molecular complexity index is 1040. The van der Waals surface area contributed by atoms with Gasteiger partial charge < -0.3 is 14.5 Å². The number of nitrogens with one attached hydrogen (secondary N) is 1. The number of rotatable bonds is 5. The van der Waals surface area contributed by atoms with Crippen molar-refractivity contribution in [1.29, 1.82) is 0 Å². The van der Waals surface area contributed by atoms with Crippen LogP contribution in [0.4, 0.5) is 0 Å². The number of nitrogens with zero attached hydrogens (tertiary/aromatic N) is 1. The van der Waals surface area contributed by atoms with Gasteiger partial charge in [-0.15, -0.1) is 0 Å². The number of hydrogen-bond donors (Lipinski definition) is 1. The molecule has 0 spiro atoms. The topological polar surface area (TPSA) is 64.4 Å². The Morgan fingerprint density at radius 1 is 1.04 bits per heavy atom. The molecule has 0 radical (unpaired) electrons. The molecule has 0 aliphatic heterocycles. The molecule has 0 aliphatic rings. The van der Waals surface area contributed by atoms with Gasteiger partial charge in [-0.2, -0.15) is 0 Å². The summed E-state index contributed by atoms with van der Waals surface area (Å²) in [7, 11) is 0. The molecule has 1 amide bonds. The number of amides is 1. The van der Waals surface area contributed by atoms with Gasteiger partial charge in [0.15, 0.2) is 0 Å². The van der Waals surface area contributed by atoms with Gasteiger partial charge in [0, 0.05) is 11.6 Å². The fraction of sp³-hybridized carbons (Fsp3) is 0.0909. The van der Waals surface area contributed by atoms with Crippen molar-refractivity contribution < 1.29 is 13.9 Å². The molecule has 2 aromatic carbocycles. The molecule has 27 heavy (non-hydrogen) atoms. The van der Waals surface area contributed by atoms with Gasteiger partial charge in [-0.05, 0) is 43.3 Å². The van der Waals surface area contributed by atoms with E-state index in [9.17, 15) is 4.79 Å². The van der Waals surface area contributed by atoms with Crippen LogP contribution in [-0.4, -0.2) is 10.9 Å². The van der Waals surface area contributed by atoms with Crippen LogP contribution in [0.5, 0.6) is 11.6 Å². The van der Waals surface area contributed by atoms with Crippen molar-refractivity contribution in [2.45, 2.75) is 13.0 Å². The second kappa shape index (κ2) is 7.33. The molecule has 1 unspecified atom stereocenters. The fourth-order valence-electron chi connectivity index (χ4n) is 2.81. The second-order valence-electron chi connectivity index (χ2n) is 6.15. The van der Waals surface area contributed by atoms with Crippen molar-refractivity contribution in [3.63, 3.8) is 0 Å². The van der Waals surface area contributed by atoms with Crippen LogP contribution in [0.1, 0.15) is 29.1 Å². The number of para-hydroxylation sites is 2. The van der Waals surface area contributed by atoms with Gasteiger partial charge in [-0.3, -0.25) is 4.79 Å². The summed E-state index contributed by atoms with van der Waals surface area (Å²) in [4.78, 5) is 17.0. The Hall–Kier alpha value is -3.60. The molecular weight excluding hydrogens is 340 g/mol. The number of aromatic nitrogens is 1. The van der Waals surface area contributed by atoms with E-state index < -0.39 is 0 Å². The minimum absolute atomic E-state index is 0.262. The predicted molar refractivity (Wildman–Crippen MR) is 103 cm³/mol. The zero-order valence-corrected chi connectivity index (χ0v) is 14.8. The van der Waals surface area contributed by atoms with E-state index in [1.807, 2.05) is 67.6 Å². The van der Waals surface area contributed by atoms with Gasteiger partial charge in [0.2, 0.25) is 5.88 Å². The first-order valence-corrected chi connectivity index (χ1v) is 8.68. The molecule has 0 saturated carbocycles. The van der Waals surface area contributed by atoms with Crippen LogP contribution in [0.3, 0.4) is 0 Å². The number of furan rings is 1. The predicted octanol–water partition coefficient (Wildman–Crippen LogP) is 5.11. The molecule has 0 aliphatic carbocycles. The van der Waals surface area contributed by atoms with Crippen LogP contribution >= 0.6 is 0 Å². The van der Waals surface area contributed by atoms with Crippen LogP contribution in [-0.2, 0) is 0 Å². The lowest BCUT2D eigenvalue weighted by Crippen LogP contribution is -2.26. The molecule has 1 atom stereocenters. The van der Waals surface area contributed by atoms with E-state index in [1.165, 1.54) is 0 Å². The number of carbonyl (C=O) groups is 1. The Morgan fingerprint density at radius 2 is 1.81 bits per heavy atom. The highest BCUT2D eigenvalue weighted by molar-refractivity contribution is 5.96. The maximum Gasteiger partial charge on any atom is 0.257 e. The van der Waals surface area contributed by atoms with Crippen LogP contribution in [0.15, 0.2) is 83.4 Å². The monoisotopic (exact) mass is 358 g/mol. The molecule has 0 bridgehead atoms. The summed E-state index contributed by atoms with van der Waals surface area (Å²) in [6.07, 6.45) is 1.59. The van der Waals surface area contributed by atoms with Crippen molar-refractivity contribution >= 4 is 16.9 Å². The number of pyridine rings is 1. The molecule has 4 rings (SSSR count). The fourth-order valence-corrected chi connectivity index (χ4v) is 2.81. The average molecular weight is 358 g/mol. The van der Waals surface area contributed by atoms with E-state index in [-0.39, 0.29) is 17.8 Å². The standard InChI is InChI=1S/C22H18N2O3/c1-15(20-14-16-8-5-6-12-19(16)27-20)24-21(25)18-11-7-13-23-22(18)26-17-9-3-2-4-10-17/h2-15H,1H3,(H,24,25). The first-order chi connectivity index (χ1) is 13.2. The summed E-state index contributed by atoms with van der Waals surface area (Å²) >= 11 is 0. The summed E-state index contributed by atoms with van der Waals surface area (Å²) in [5.41, 5.74) is 1.16. The van der Waals surface area contributed by atoms with E-state index in [2.05, 4.69) is 10.3 Å². The Labute approximate surface area is 156 Å². The van der Waals surface area contributed by atoms with E-state index in [0.29, 0.717) is 17.1 Å². The Morgan fingerprint density at radius 3 is 2.63 bits per heavy atom. The molecule has 4 aromatic rings. The lowest BCUT2D eigenvalue weighted by Gasteiger charge is -2.13. The zero-order chi connectivity index (χ0) is 18.6. The quantitative estimate of drug-likeness (QED) is 0.538. The normalized spacial score (nSPS) is 11.9. The van der Waals surface area contributed by atoms with E-state index in [1.54, 1.807) is 18.3 Å². The molecule has 0 fully saturated rings. The van der Waals surface area contributed by atoms with Gasteiger partial charge >= 0.3 is 0 Å². The van der Waals surface area contributed by atoms with Crippen molar-refractivity contribution in [1.82, 2.24) is 10.3 Å². The van der Waals surface area contributed by atoms with Crippen LogP contribution < -0.4 is 10.1 Å². The lowest BCUT2D eigenvalue weighted by atomic mass is 10.2. The minimum Gasteiger partial charge on any atom is -0.459 e. The van der Waals surface area contributed by atoms with Gasteiger partial charge in [0.25, 0.3) is 5.91 Å². The summed E-state index contributed by atoms with van der Waals surface area (Å²) in [6.45, 7) is 1.88. The molecule has 2 heterocycles. The highest BCUT2D eigenvalue weighted by Gasteiger charge is 2.19. The van der Waals surface area contributed by atoms with Crippen molar-refractivity contribution in [2.75, 3.05) is 0 Å². The zero-order valence-electron chi connectivity index (χ0n) is 14.8. The lowest BCUT2D eigenvalue weighted by molar-refractivity contribution is 0.0932. The average Bonchev–Trinajstić information content (AvgIpc) is 3.13. The van der Waals surface area contributed by atoms with Gasteiger partial charge in [0.05, 0.1) is 6.04 Å². The first kappa shape index (κ1) is 16.8. The maximum atomic E-state index is 12.8. The largest absolute Gasteiger partial charge is 0.459 e. The minimum atomic E-state index is -0.297. The second-order valence-corrected chi connectivity index (χ2v) is 6.15. The van der Waals surface area contributed by atoms with Crippen molar-refractivity contribution in [3.05, 3.63) is 90.3 Å². The van der Waals surface area contributed by atoms with Gasteiger partial charge in [0.1, 0.15) is 22.7 Å². The van der Waals surface area contributed by atoms with E-state index in [4.69, 9.17) is 9.15 Å². The molecule has 2 aromatic heterocycles. The molecule has 5 nitrogen and oxygen atoms in total. The molecule has 1 N–H and O–H groups in total. The summed E-state index contributed by atoms with van der Waals surface area (Å²) in [6, 6.07) is 22.0. The van der Waals surface area contributed by atoms with E-state index in [0.717, 1.165) is 11.0 Å². The molecule has 134 valence electrons. The number of benzene rings is 2. The van der Waals surface area contributed by atoms with Crippen LogP contribution in [0.25, 0.3) is 11.0 Å². The van der Waals surface area contributed by atoms with E-state index >= 15 is 0 Å². The smallest absolute Gasteiger partial charge is 0.257 e. The number of ether oxygens (including phenoxy) is 1. The summed E-state index contributed by atoms with van der Waals surface area (Å²) < 4.78 is 11.6. The van der Waals surface area contributed by atoms with Crippen molar-refractivity contribution in [3.8, 4) is 11.6 Å². The highest BCUT2D eigenvalue weighted by Crippen LogP contribution is 2.26. The third-order valence-corrected chi connectivity index (χ3v) is 4.19. The summed E-state index contributed by atoms with van der Waals surface area (Å²) in [5, 5.41) is 3.95. The Balaban J connectivity index is 1.54. The third kappa shape index (κ3) is 3.67. The Kier molecular flexibility index (Phi) is 4.58. The molecular formula is C22H18N2O3. The summed E-state index contributed by atoms with van der Waals surface area (Å²) in [5.74, 6) is 1.30. The number of hydrogen-bond acceptors (Lipinski definition) is 4. The van der Waals surface area contributed by atoms with Crippen LogP contribution in [0, 0.1) is 0 Å². The number of carbonyl (C=O) groups excluding carboxylic acids is 1. The molecule has 0 saturated heterocycles. The van der Waals surface area contributed by atoms with Crippen LogP contribution in [0.2, 0.25) is 0 Å². The van der Waals surface area contributed by atoms with Gasteiger partial charge in [-0.1, -0.05) is 36.4 Å².